The number of Topliss-reactive ketones (excluding diaryl/α,β-unsaturated/α-hetero) is 1. The van der Waals surface area contributed by atoms with Gasteiger partial charge < -0.3 is 31.1 Å². The van der Waals surface area contributed by atoms with Gasteiger partial charge in [-0.15, -0.1) is 0 Å². The molecule has 2 aromatic carbocycles. The molecule has 1 heterocycles. The maximum atomic E-state index is 12.9. The molecule has 0 saturated heterocycles. The fraction of sp³-hybridized carbons (Fsp3) is 0.323. The summed E-state index contributed by atoms with van der Waals surface area (Å²) in [4.78, 5) is 37.0. The maximum Gasteiger partial charge on any atom is 0.422 e. The molecule has 0 bridgehead atoms. The molecule has 0 spiro atoms. The molecule has 2 aliphatic rings. The molecular formula is C31H31ClF3N7O4. The molecule has 1 fully saturated rings. The Bertz CT molecular complexity index is 1690. The molecule has 242 valence electrons. The Hall–Kier alpha value is -4.85. The molecule has 11 nitrogen and oxygen atoms in total. The molecule has 46 heavy (non-hydrogen) atoms. The number of nitrogens with one attached hydrogen (secondary N) is 4. The zero-order valence-electron chi connectivity index (χ0n) is 24.9. The number of amides is 1. The summed E-state index contributed by atoms with van der Waals surface area (Å²) in [6, 6.07) is 13.0. The van der Waals surface area contributed by atoms with E-state index in [9.17, 15) is 27.9 Å². The average molecular weight is 658 g/mol. The van der Waals surface area contributed by atoms with E-state index in [0.29, 0.717) is 22.8 Å². The second-order valence-corrected chi connectivity index (χ2v) is 12.3. The van der Waals surface area contributed by atoms with E-state index in [1.807, 2.05) is 26.0 Å². The van der Waals surface area contributed by atoms with Gasteiger partial charge in [0.2, 0.25) is 17.7 Å². The van der Waals surface area contributed by atoms with E-state index in [2.05, 4.69) is 42.8 Å². The van der Waals surface area contributed by atoms with Crippen LogP contribution in [0.15, 0.2) is 72.1 Å². The number of nitrogens with zero attached hydrogens (tertiary/aromatic N) is 3. The minimum Gasteiger partial charge on any atom is -0.505 e. The van der Waals surface area contributed by atoms with Gasteiger partial charge in [-0.2, -0.15) is 28.1 Å². The third-order valence-corrected chi connectivity index (χ3v) is 7.63. The summed E-state index contributed by atoms with van der Waals surface area (Å²) >= 11 is 6.02. The number of anilines is 3. The quantitative estimate of drug-likeness (QED) is 0.148. The van der Waals surface area contributed by atoms with Crippen LogP contribution in [0.2, 0.25) is 5.02 Å². The number of carbonyl (C=O) groups excluding carboxylic acids is 2. The summed E-state index contributed by atoms with van der Waals surface area (Å²) < 4.78 is 43.5. The molecule has 15 heteroatoms. The van der Waals surface area contributed by atoms with E-state index >= 15 is 0 Å². The first kappa shape index (κ1) is 32.5. The van der Waals surface area contributed by atoms with Gasteiger partial charge in [0, 0.05) is 29.4 Å². The van der Waals surface area contributed by atoms with E-state index in [-0.39, 0.29) is 47.2 Å². The Morgan fingerprint density at radius 1 is 1.02 bits per heavy atom. The van der Waals surface area contributed by atoms with E-state index in [4.69, 9.17) is 16.3 Å². The van der Waals surface area contributed by atoms with Gasteiger partial charge in [0.1, 0.15) is 5.70 Å². The number of halogens is 4. The molecule has 0 atom stereocenters. The molecule has 0 unspecified atom stereocenters. The maximum absolute atomic E-state index is 12.9. The highest BCUT2D eigenvalue weighted by Gasteiger charge is 2.45. The summed E-state index contributed by atoms with van der Waals surface area (Å²) in [5.74, 6) is -0.888. The van der Waals surface area contributed by atoms with Crippen molar-refractivity contribution in [3.8, 4) is 6.01 Å². The number of aliphatic hydroxyl groups excluding tert-OH is 1. The third kappa shape index (κ3) is 7.86. The van der Waals surface area contributed by atoms with Crippen molar-refractivity contribution in [3.63, 3.8) is 0 Å². The van der Waals surface area contributed by atoms with Gasteiger partial charge in [-0.25, -0.2) is 0 Å². The normalized spacial score (nSPS) is 15.6. The number of carbonyl (C=O) groups is 2. The molecule has 2 aliphatic carbocycles. The molecule has 0 radical (unpaired) electrons. The summed E-state index contributed by atoms with van der Waals surface area (Å²) in [5.41, 5.74) is 0.938. The summed E-state index contributed by atoms with van der Waals surface area (Å²) in [5, 5.41) is 22.2. The third-order valence-electron chi connectivity index (χ3n) is 7.38. The molecular weight excluding hydrogens is 627 g/mol. The molecule has 1 aromatic heterocycles. The van der Waals surface area contributed by atoms with Crippen molar-refractivity contribution >= 4 is 40.9 Å². The van der Waals surface area contributed by atoms with Crippen molar-refractivity contribution in [1.82, 2.24) is 25.6 Å². The number of ketones is 1. The van der Waals surface area contributed by atoms with E-state index in [0.717, 1.165) is 18.4 Å². The molecule has 3 aromatic rings. The topological polar surface area (TPSA) is 150 Å². The molecule has 0 aliphatic heterocycles. The van der Waals surface area contributed by atoms with Gasteiger partial charge >= 0.3 is 12.2 Å². The average Bonchev–Trinajstić information content (AvgIpc) is 3.79. The van der Waals surface area contributed by atoms with Crippen LogP contribution in [0, 0.1) is 5.41 Å². The highest BCUT2D eigenvalue weighted by Crippen LogP contribution is 2.48. The Morgan fingerprint density at radius 3 is 2.28 bits per heavy atom. The van der Waals surface area contributed by atoms with Gasteiger partial charge in [0.15, 0.2) is 12.4 Å². The van der Waals surface area contributed by atoms with Crippen molar-refractivity contribution in [2.75, 3.05) is 30.3 Å². The smallest absolute Gasteiger partial charge is 0.422 e. The van der Waals surface area contributed by atoms with Crippen molar-refractivity contribution in [3.05, 3.63) is 88.3 Å². The number of hydrogen-bond donors (Lipinski definition) is 5. The lowest BCUT2D eigenvalue weighted by Gasteiger charge is -2.29. The first-order chi connectivity index (χ1) is 21.6. The molecule has 1 amide bonds. The standard InChI is InChI=1S/C31H31ClF3N7O4/c1-17-23(43)22(24(17)44)36-14-29(2,3)15-37-25(45)18-4-10-21(11-5-18)38-26-39-27(41-28(40-26)46-16-31(33,34)35)42-30(12-13-30)19-6-8-20(32)9-7-19/h4-11,36,43H,1,12-16H2,2-3H3,(H,37,45)(H2,38,39,40,41,42). The number of alkyl halides is 3. The summed E-state index contributed by atoms with van der Waals surface area (Å²) in [6.45, 7) is 6.24. The lowest BCUT2D eigenvalue weighted by atomic mass is 9.90. The van der Waals surface area contributed by atoms with Crippen LogP contribution in [-0.4, -0.2) is 57.6 Å². The lowest BCUT2D eigenvalue weighted by molar-refractivity contribution is -0.154. The van der Waals surface area contributed by atoms with Gasteiger partial charge in [0.05, 0.1) is 11.1 Å². The van der Waals surface area contributed by atoms with Crippen LogP contribution < -0.4 is 26.0 Å². The van der Waals surface area contributed by atoms with Crippen molar-refractivity contribution < 1.29 is 32.6 Å². The Labute approximate surface area is 267 Å². The van der Waals surface area contributed by atoms with Crippen LogP contribution in [0.4, 0.5) is 30.8 Å². The van der Waals surface area contributed by atoms with Crippen molar-refractivity contribution in [1.29, 1.82) is 0 Å². The van der Waals surface area contributed by atoms with Crippen LogP contribution in [0.1, 0.15) is 42.6 Å². The highest BCUT2D eigenvalue weighted by atomic mass is 35.5. The van der Waals surface area contributed by atoms with Crippen LogP contribution >= 0.6 is 11.6 Å². The largest absolute Gasteiger partial charge is 0.505 e. The van der Waals surface area contributed by atoms with Gasteiger partial charge in [-0.05, 0) is 60.2 Å². The fourth-order valence-corrected chi connectivity index (χ4v) is 4.66. The molecule has 5 N–H and O–H groups in total. The first-order valence-electron chi connectivity index (χ1n) is 14.2. The summed E-state index contributed by atoms with van der Waals surface area (Å²) in [7, 11) is 0. The highest BCUT2D eigenvalue weighted by molar-refractivity contribution is 6.30. The van der Waals surface area contributed by atoms with Crippen LogP contribution in [0.5, 0.6) is 6.01 Å². The Balaban J connectivity index is 1.23. The molecule has 1 saturated carbocycles. The van der Waals surface area contributed by atoms with Crippen LogP contribution in [-0.2, 0) is 10.3 Å². The fourth-order valence-electron chi connectivity index (χ4n) is 4.54. The van der Waals surface area contributed by atoms with E-state index < -0.39 is 29.7 Å². The van der Waals surface area contributed by atoms with Crippen molar-refractivity contribution in [2.45, 2.75) is 38.4 Å². The Kier molecular flexibility index (Phi) is 8.85. The number of aliphatic hydroxyl groups is 1. The zero-order chi connectivity index (χ0) is 33.3. The second kappa shape index (κ2) is 12.5. The molecule has 5 rings (SSSR count). The van der Waals surface area contributed by atoms with Crippen LogP contribution in [0.25, 0.3) is 0 Å². The predicted octanol–water partition coefficient (Wildman–Crippen LogP) is 5.57. The number of benzene rings is 2. The second-order valence-electron chi connectivity index (χ2n) is 11.8. The Morgan fingerprint density at radius 2 is 1.67 bits per heavy atom. The number of aromatic nitrogens is 3. The minimum atomic E-state index is -4.59. The number of rotatable bonds is 13. The van der Waals surface area contributed by atoms with Gasteiger partial charge in [-0.3, -0.25) is 9.59 Å². The minimum absolute atomic E-state index is 0.0216. The number of hydrogen-bond acceptors (Lipinski definition) is 10. The number of allylic oxidation sites excluding steroid dienone is 2. The zero-order valence-corrected chi connectivity index (χ0v) is 25.6. The van der Waals surface area contributed by atoms with Crippen LogP contribution in [0.3, 0.4) is 0 Å². The van der Waals surface area contributed by atoms with Gasteiger partial charge in [-0.1, -0.05) is 44.2 Å². The van der Waals surface area contributed by atoms with E-state index in [1.54, 1.807) is 36.4 Å². The monoisotopic (exact) mass is 657 g/mol. The first-order valence-corrected chi connectivity index (χ1v) is 14.6. The summed E-state index contributed by atoms with van der Waals surface area (Å²) in [6.07, 6.45) is -3.10. The van der Waals surface area contributed by atoms with Crippen molar-refractivity contribution in [2.24, 2.45) is 5.41 Å². The van der Waals surface area contributed by atoms with E-state index in [1.165, 1.54) is 0 Å². The SMILES string of the molecule is C=C1C(=O)C(NCC(C)(C)CNC(=O)c2ccc(Nc3nc(NC4(c5ccc(Cl)cc5)CC4)nc(OCC(F)(F)F)n3)cc2)=C1O. The predicted molar refractivity (Wildman–Crippen MR) is 165 cm³/mol. The lowest BCUT2D eigenvalue weighted by Crippen LogP contribution is -2.43. The van der Waals surface area contributed by atoms with Gasteiger partial charge in [0.25, 0.3) is 5.91 Å². The number of ether oxygens (including phenoxy) is 1.